The Morgan fingerprint density at radius 2 is 1.68 bits per heavy atom. The van der Waals surface area contributed by atoms with Gasteiger partial charge < -0.3 is 15.2 Å². The third kappa shape index (κ3) is 3.39. The molecule has 0 aliphatic carbocycles. The van der Waals surface area contributed by atoms with Crippen molar-refractivity contribution in [3.8, 4) is 5.75 Å². The lowest BCUT2D eigenvalue weighted by molar-refractivity contribution is -0.485. The van der Waals surface area contributed by atoms with Crippen LogP contribution >= 0.6 is 0 Å². The second-order valence-corrected chi connectivity index (χ2v) is 9.06. The number of ether oxygens (including phenoxy) is 1. The van der Waals surface area contributed by atoms with Crippen molar-refractivity contribution in [1.29, 1.82) is 0 Å². The van der Waals surface area contributed by atoms with Gasteiger partial charge in [0.1, 0.15) is 11.4 Å². The molecule has 160 valence electrons. The van der Waals surface area contributed by atoms with Gasteiger partial charge in [-0.05, 0) is 52.9 Å². The van der Waals surface area contributed by atoms with E-state index in [1.807, 2.05) is 64.1 Å². The molecule has 2 N–H and O–H groups in total. The topological polar surface area (TPSA) is 60.0 Å². The van der Waals surface area contributed by atoms with Crippen molar-refractivity contribution in [3.05, 3.63) is 60.7 Å². The van der Waals surface area contributed by atoms with Gasteiger partial charge in [0.05, 0.1) is 0 Å². The van der Waals surface area contributed by atoms with E-state index in [9.17, 15) is 5.11 Å². The van der Waals surface area contributed by atoms with Gasteiger partial charge in [0.2, 0.25) is 0 Å². The molecular weight excluding hydrogens is 390 g/mol. The molecule has 0 bridgehead atoms. The molecular formula is C26H27NO4. The molecule has 2 atom stereocenters. The SMILES string of the molecule is CC(C)C1OOC(C)(C)C(Nc2cccc3c2c(O)cc2c4ccccc4ccc32)O1. The molecule has 1 heterocycles. The molecule has 0 spiro atoms. The first-order chi connectivity index (χ1) is 14.8. The average Bonchev–Trinajstić information content (AvgIpc) is 2.75. The Balaban J connectivity index is 1.65. The number of phenols is 1. The molecule has 4 aromatic carbocycles. The Bertz CT molecular complexity index is 1280. The molecule has 1 aliphatic rings. The van der Waals surface area contributed by atoms with Crippen LogP contribution in [-0.4, -0.2) is 23.2 Å². The standard InChI is InChI=1S/C26H27NO4/c1-15(2)24-29-25(26(3,4)31-30-24)27-21-11-7-10-19-18-13-12-16-8-5-6-9-17(16)20(18)14-22(28)23(19)21/h5-15,24-25,27-28H,1-4H3. The van der Waals surface area contributed by atoms with Gasteiger partial charge in [-0.3, -0.25) is 0 Å². The number of benzene rings is 4. The summed E-state index contributed by atoms with van der Waals surface area (Å²) in [7, 11) is 0. The van der Waals surface area contributed by atoms with Crippen LogP contribution in [0.15, 0.2) is 60.7 Å². The number of hydrogen-bond acceptors (Lipinski definition) is 5. The molecule has 4 aromatic rings. The van der Waals surface area contributed by atoms with Crippen molar-refractivity contribution in [3.63, 3.8) is 0 Å². The highest BCUT2D eigenvalue weighted by Gasteiger charge is 2.41. The quantitative estimate of drug-likeness (QED) is 0.301. The maximum atomic E-state index is 11.1. The van der Waals surface area contributed by atoms with E-state index in [0.717, 1.165) is 38.0 Å². The summed E-state index contributed by atoms with van der Waals surface area (Å²) in [4.78, 5) is 11.1. The minimum absolute atomic E-state index is 0.138. The van der Waals surface area contributed by atoms with E-state index in [1.165, 1.54) is 0 Å². The molecule has 1 saturated heterocycles. The minimum Gasteiger partial charge on any atom is -0.507 e. The first-order valence-corrected chi connectivity index (χ1v) is 10.7. The molecule has 5 heteroatoms. The fraction of sp³-hybridized carbons (Fsp3) is 0.308. The molecule has 1 fully saturated rings. The van der Waals surface area contributed by atoms with Crippen LogP contribution in [0.5, 0.6) is 5.75 Å². The van der Waals surface area contributed by atoms with Crippen LogP contribution in [0.2, 0.25) is 0 Å². The van der Waals surface area contributed by atoms with Gasteiger partial charge in [0.25, 0.3) is 0 Å². The molecule has 31 heavy (non-hydrogen) atoms. The monoisotopic (exact) mass is 417 g/mol. The highest BCUT2D eigenvalue weighted by Crippen LogP contribution is 2.41. The summed E-state index contributed by atoms with van der Waals surface area (Å²) >= 11 is 0. The number of phenolic OH excluding ortho intramolecular Hbond substituents is 1. The van der Waals surface area contributed by atoms with Gasteiger partial charge in [0, 0.05) is 17.0 Å². The second-order valence-electron chi connectivity index (χ2n) is 9.06. The second kappa shape index (κ2) is 7.38. The average molecular weight is 418 g/mol. The Morgan fingerprint density at radius 3 is 2.48 bits per heavy atom. The smallest absolute Gasteiger partial charge is 0.196 e. The molecule has 5 rings (SSSR count). The highest BCUT2D eigenvalue weighted by molar-refractivity contribution is 6.21. The van der Waals surface area contributed by atoms with E-state index >= 15 is 0 Å². The maximum absolute atomic E-state index is 11.1. The van der Waals surface area contributed by atoms with Gasteiger partial charge in [-0.2, -0.15) is 0 Å². The molecule has 0 saturated carbocycles. The van der Waals surface area contributed by atoms with E-state index in [4.69, 9.17) is 14.5 Å². The summed E-state index contributed by atoms with van der Waals surface area (Å²) in [6.07, 6.45) is -0.924. The summed E-state index contributed by atoms with van der Waals surface area (Å²) in [6.45, 7) is 7.86. The molecule has 2 unspecified atom stereocenters. The Labute approximate surface area is 181 Å². The van der Waals surface area contributed by atoms with Crippen LogP contribution in [-0.2, 0) is 14.5 Å². The largest absolute Gasteiger partial charge is 0.507 e. The molecule has 0 amide bonds. The third-order valence-electron chi connectivity index (χ3n) is 5.95. The van der Waals surface area contributed by atoms with E-state index in [2.05, 4.69) is 29.6 Å². The van der Waals surface area contributed by atoms with E-state index in [0.29, 0.717) is 0 Å². The summed E-state index contributed by atoms with van der Waals surface area (Å²) in [6, 6.07) is 20.3. The first kappa shape index (κ1) is 20.1. The normalized spacial score (nSPS) is 21.2. The highest BCUT2D eigenvalue weighted by atomic mass is 17.2. The van der Waals surface area contributed by atoms with Gasteiger partial charge >= 0.3 is 0 Å². The van der Waals surface area contributed by atoms with Crippen molar-refractivity contribution in [2.75, 3.05) is 5.32 Å². The van der Waals surface area contributed by atoms with Crippen LogP contribution in [0.1, 0.15) is 27.7 Å². The Kier molecular flexibility index (Phi) is 4.77. The number of aromatic hydroxyl groups is 1. The number of rotatable bonds is 3. The van der Waals surface area contributed by atoms with E-state index in [-0.39, 0.29) is 11.7 Å². The fourth-order valence-corrected chi connectivity index (χ4v) is 4.22. The van der Waals surface area contributed by atoms with Crippen molar-refractivity contribution in [1.82, 2.24) is 0 Å². The van der Waals surface area contributed by atoms with Gasteiger partial charge in [0.15, 0.2) is 12.5 Å². The maximum Gasteiger partial charge on any atom is 0.196 e. The molecule has 1 aliphatic heterocycles. The van der Waals surface area contributed by atoms with Crippen LogP contribution in [0.4, 0.5) is 5.69 Å². The van der Waals surface area contributed by atoms with Crippen molar-refractivity contribution >= 4 is 38.0 Å². The Morgan fingerprint density at radius 1 is 0.903 bits per heavy atom. The fourth-order valence-electron chi connectivity index (χ4n) is 4.22. The van der Waals surface area contributed by atoms with Crippen molar-refractivity contribution in [2.45, 2.75) is 45.8 Å². The number of nitrogens with one attached hydrogen (secondary N) is 1. The number of anilines is 1. The summed E-state index contributed by atoms with van der Waals surface area (Å²) in [5.74, 6) is 0.367. The minimum atomic E-state index is -0.712. The zero-order valence-corrected chi connectivity index (χ0v) is 18.2. The lowest BCUT2D eigenvalue weighted by Crippen LogP contribution is -2.54. The number of fused-ring (bicyclic) bond motifs is 5. The van der Waals surface area contributed by atoms with Gasteiger partial charge in [-0.25, -0.2) is 9.78 Å². The predicted octanol–water partition coefficient (Wildman–Crippen LogP) is 6.33. The van der Waals surface area contributed by atoms with E-state index in [1.54, 1.807) is 0 Å². The van der Waals surface area contributed by atoms with E-state index < -0.39 is 18.1 Å². The molecule has 0 aromatic heterocycles. The summed E-state index contributed by atoms with van der Waals surface area (Å²) in [5.41, 5.74) is 0.0760. The van der Waals surface area contributed by atoms with Crippen LogP contribution < -0.4 is 5.32 Å². The summed E-state index contributed by atoms with van der Waals surface area (Å²) in [5, 5.41) is 20.7. The zero-order valence-electron chi connectivity index (χ0n) is 18.2. The lowest BCUT2D eigenvalue weighted by Gasteiger charge is -2.42. The van der Waals surface area contributed by atoms with Gasteiger partial charge in [-0.1, -0.05) is 62.4 Å². The summed E-state index contributed by atoms with van der Waals surface area (Å²) < 4.78 is 6.16. The van der Waals surface area contributed by atoms with Crippen LogP contribution in [0.25, 0.3) is 32.3 Å². The molecule has 0 radical (unpaired) electrons. The predicted molar refractivity (Wildman–Crippen MR) is 124 cm³/mol. The van der Waals surface area contributed by atoms with Crippen molar-refractivity contribution in [2.24, 2.45) is 5.92 Å². The van der Waals surface area contributed by atoms with Crippen LogP contribution in [0.3, 0.4) is 0 Å². The third-order valence-corrected chi connectivity index (χ3v) is 5.95. The van der Waals surface area contributed by atoms with Crippen molar-refractivity contribution < 1.29 is 19.6 Å². The Hall–Kier alpha value is -2.86. The number of hydrogen-bond donors (Lipinski definition) is 2. The van der Waals surface area contributed by atoms with Crippen LogP contribution in [0, 0.1) is 5.92 Å². The van der Waals surface area contributed by atoms with Gasteiger partial charge in [-0.15, -0.1) is 0 Å². The first-order valence-electron chi connectivity index (χ1n) is 10.7. The lowest BCUT2D eigenvalue weighted by atomic mass is 9.95. The zero-order chi connectivity index (χ0) is 21.8. The molecule has 5 nitrogen and oxygen atoms in total.